The molecule has 1 aromatic carbocycles. The largest absolute Gasteiger partial charge is 0.497 e. The molecule has 0 bridgehead atoms. The van der Waals surface area contributed by atoms with Crippen molar-refractivity contribution in [2.45, 2.75) is 13.8 Å². The number of amides is 1. The van der Waals surface area contributed by atoms with Gasteiger partial charge in [-0.1, -0.05) is 0 Å². The molecular weight excluding hydrogens is 396 g/mol. The Balaban J connectivity index is 1.46. The molecular formula is C22H26N6O3. The quantitative estimate of drug-likeness (QED) is 0.623. The lowest BCUT2D eigenvalue weighted by atomic mass is 10.1. The molecule has 2 aromatic heterocycles. The standard InChI is InChI=1S/C22H26N6O3/c1-15-9-16(2)28(25-15)21-13-20(23-14-24-21)26-5-7-27(8-6-26)22(29)17-10-18(30-3)12-19(11-17)31-4/h9-14H,5-8H2,1-4H3. The molecule has 1 amide bonds. The van der Waals surface area contributed by atoms with Crippen molar-refractivity contribution in [1.82, 2.24) is 24.6 Å². The highest BCUT2D eigenvalue weighted by molar-refractivity contribution is 5.95. The normalized spacial score (nSPS) is 13.9. The first kappa shape index (κ1) is 20.6. The first-order valence-corrected chi connectivity index (χ1v) is 10.1. The molecule has 0 saturated carbocycles. The lowest BCUT2D eigenvalue weighted by Crippen LogP contribution is -2.49. The lowest BCUT2D eigenvalue weighted by molar-refractivity contribution is 0.0745. The Morgan fingerprint density at radius 3 is 2.10 bits per heavy atom. The minimum Gasteiger partial charge on any atom is -0.497 e. The van der Waals surface area contributed by atoms with Crippen LogP contribution in [0.1, 0.15) is 21.7 Å². The smallest absolute Gasteiger partial charge is 0.254 e. The van der Waals surface area contributed by atoms with E-state index < -0.39 is 0 Å². The van der Waals surface area contributed by atoms with Crippen LogP contribution in [0.4, 0.5) is 5.82 Å². The molecule has 1 fully saturated rings. The van der Waals surface area contributed by atoms with Crippen LogP contribution in [0, 0.1) is 13.8 Å². The first-order valence-electron chi connectivity index (χ1n) is 10.1. The highest BCUT2D eigenvalue weighted by atomic mass is 16.5. The van der Waals surface area contributed by atoms with E-state index in [1.165, 1.54) is 0 Å². The predicted octanol–water partition coefficient (Wildman–Crippen LogP) is 2.26. The minimum atomic E-state index is -0.0390. The van der Waals surface area contributed by atoms with Crippen LogP contribution in [-0.2, 0) is 0 Å². The third-order valence-corrected chi connectivity index (χ3v) is 5.35. The van der Waals surface area contributed by atoms with Gasteiger partial charge < -0.3 is 19.3 Å². The molecule has 0 atom stereocenters. The van der Waals surface area contributed by atoms with Crippen molar-refractivity contribution < 1.29 is 14.3 Å². The summed E-state index contributed by atoms with van der Waals surface area (Å²) in [5, 5.41) is 4.50. The van der Waals surface area contributed by atoms with E-state index in [1.54, 1.807) is 38.7 Å². The number of piperazine rings is 1. The molecule has 1 aliphatic rings. The van der Waals surface area contributed by atoms with Crippen molar-refractivity contribution in [1.29, 1.82) is 0 Å². The van der Waals surface area contributed by atoms with Gasteiger partial charge in [0.1, 0.15) is 23.6 Å². The molecule has 0 N–H and O–H groups in total. The molecule has 0 radical (unpaired) electrons. The maximum Gasteiger partial charge on any atom is 0.254 e. The molecule has 4 rings (SSSR count). The summed E-state index contributed by atoms with van der Waals surface area (Å²) in [4.78, 5) is 25.8. The Morgan fingerprint density at radius 1 is 0.871 bits per heavy atom. The van der Waals surface area contributed by atoms with Crippen molar-refractivity contribution in [3.05, 3.63) is 53.6 Å². The van der Waals surface area contributed by atoms with Gasteiger partial charge in [0.05, 0.1) is 19.9 Å². The maximum absolute atomic E-state index is 13.0. The molecule has 0 unspecified atom stereocenters. The van der Waals surface area contributed by atoms with Gasteiger partial charge in [-0.05, 0) is 32.0 Å². The number of benzene rings is 1. The lowest BCUT2D eigenvalue weighted by Gasteiger charge is -2.35. The second kappa shape index (κ2) is 8.63. The van der Waals surface area contributed by atoms with Gasteiger partial charge >= 0.3 is 0 Å². The van der Waals surface area contributed by atoms with E-state index in [0.29, 0.717) is 43.2 Å². The number of nitrogens with zero attached hydrogens (tertiary/aromatic N) is 6. The molecule has 9 heteroatoms. The van der Waals surface area contributed by atoms with E-state index in [4.69, 9.17) is 9.47 Å². The number of hydrogen-bond donors (Lipinski definition) is 0. The van der Waals surface area contributed by atoms with Crippen LogP contribution in [0.25, 0.3) is 5.82 Å². The summed E-state index contributed by atoms with van der Waals surface area (Å²) >= 11 is 0. The van der Waals surface area contributed by atoms with E-state index in [9.17, 15) is 4.79 Å². The zero-order valence-electron chi connectivity index (χ0n) is 18.2. The highest BCUT2D eigenvalue weighted by Gasteiger charge is 2.24. The molecule has 3 aromatic rings. The third-order valence-electron chi connectivity index (χ3n) is 5.35. The van der Waals surface area contributed by atoms with Crippen LogP contribution in [0.5, 0.6) is 11.5 Å². The van der Waals surface area contributed by atoms with Crippen molar-refractivity contribution in [2.75, 3.05) is 45.3 Å². The highest BCUT2D eigenvalue weighted by Crippen LogP contribution is 2.24. The Kier molecular flexibility index (Phi) is 5.75. The van der Waals surface area contributed by atoms with Crippen LogP contribution in [0.2, 0.25) is 0 Å². The maximum atomic E-state index is 13.0. The number of aromatic nitrogens is 4. The summed E-state index contributed by atoms with van der Waals surface area (Å²) in [5.41, 5.74) is 2.52. The van der Waals surface area contributed by atoms with Gasteiger partial charge in [0.15, 0.2) is 5.82 Å². The third kappa shape index (κ3) is 4.30. The number of aryl methyl sites for hydroxylation is 2. The first-order chi connectivity index (χ1) is 15.0. The number of anilines is 1. The number of hydrogen-bond acceptors (Lipinski definition) is 7. The Labute approximate surface area is 181 Å². The van der Waals surface area contributed by atoms with E-state index >= 15 is 0 Å². The molecule has 31 heavy (non-hydrogen) atoms. The van der Waals surface area contributed by atoms with E-state index in [0.717, 1.165) is 23.0 Å². The summed E-state index contributed by atoms with van der Waals surface area (Å²) in [6.45, 7) is 6.51. The zero-order valence-corrected chi connectivity index (χ0v) is 18.2. The number of methoxy groups -OCH3 is 2. The molecule has 3 heterocycles. The molecule has 162 valence electrons. The van der Waals surface area contributed by atoms with E-state index in [1.807, 2.05) is 35.6 Å². The fraction of sp³-hybridized carbons (Fsp3) is 0.364. The fourth-order valence-corrected chi connectivity index (χ4v) is 3.74. The Hall–Kier alpha value is -3.62. The van der Waals surface area contributed by atoms with Gasteiger partial charge in [-0.15, -0.1) is 0 Å². The van der Waals surface area contributed by atoms with E-state index in [2.05, 4.69) is 20.0 Å². The summed E-state index contributed by atoms with van der Waals surface area (Å²) in [6, 6.07) is 9.18. The average Bonchev–Trinajstić information content (AvgIpc) is 3.16. The number of ether oxygens (including phenoxy) is 2. The predicted molar refractivity (Wildman–Crippen MR) is 116 cm³/mol. The second-order valence-electron chi connectivity index (χ2n) is 7.45. The van der Waals surface area contributed by atoms with Crippen LogP contribution in [-0.4, -0.2) is 71.0 Å². The van der Waals surface area contributed by atoms with Crippen molar-refractivity contribution in [3.63, 3.8) is 0 Å². The summed E-state index contributed by atoms with van der Waals surface area (Å²) < 4.78 is 12.4. The monoisotopic (exact) mass is 422 g/mol. The van der Waals surface area contributed by atoms with Crippen molar-refractivity contribution >= 4 is 11.7 Å². The van der Waals surface area contributed by atoms with Gasteiger partial charge in [0.25, 0.3) is 5.91 Å². The number of rotatable bonds is 5. The number of carbonyl (C=O) groups is 1. The summed E-state index contributed by atoms with van der Waals surface area (Å²) in [5.74, 6) is 2.71. The van der Waals surface area contributed by atoms with Gasteiger partial charge in [-0.3, -0.25) is 4.79 Å². The average molecular weight is 422 g/mol. The zero-order chi connectivity index (χ0) is 22.0. The molecule has 1 aliphatic heterocycles. The van der Waals surface area contributed by atoms with Gasteiger partial charge in [0, 0.05) is 49.6 Å². The topological polar surface area (TPSA) is 85.6 Å². The van der Waals surface area contributed by atoms with Crippen LogP contribution in [0.15, 0.2) is 36.7 Å². The van der Waals surface area contributed by atoms with Crippen LogP contribution < -0.4 is 14.4 Å². The van der Waals surface area contributed by atoms with Gasteiger partial charge in [-0.2, -0.15) is 5.10 Å². The molecule has 1 saturated heterocycles. The van der Waals surface area contributed by atoms with Gasteiger partial charge in [-0.25, -0.2) is 14.6 Å². The number of carbonyl (C=O) groups excluding carboxylic acids is 1. The Bertz CT molecular complexity index is 1070. The van der Waals surface area contributed by atoms with Crippen LogP contribution in [0.3, 0.4) is 0 Å². The molecule has 0 spiro atoms. The summed E-state index contributed by atoms with van der Waals surface area (Å²) in [7, 11) is 3.15. The van der Waals surface area contributed by atoms with Gasteiger partial charge in [0.2, 0.25) is 0 Å². The SMILES string of the molecule is COc1cc(OC)cc(C(=O)N2CCN(c3cc(-n4nc(C)cc4C)ncn3)CC2)c1. The van der Waals surface area contributed by atoms with Crippen molar-refractivity contribution in [2.24, 2.45) is 0 Å². The van der Waals surface area contributed by atoms with Crippen LogP contribution >= 0.6 is 0 Å². The molecule has 9 nitrogen and oxygen atoms in total. The molecule has 0 aliphatic carbocycles. The Morgan fingerprint density at radius 2 is 1.52 bits per heavy atom. The fourth-order valence-electron chi connectivity index (χ4n) is 3.74. The van der Waals surface area contributed by atoms with Crippen molar-refractivity contribution in [3.8, 4) is 17.3 Å². The summed E-state index contributed by atoms with van der Waals surface area (Å²) in [6.07, 6.45) is 1.56. The minimum absolute atomic E-state index is 0.0390. The van der Waals surface area contributed by atoms with E-state index in [-0.39, 0.29) is 5.91 Å². The second-order valence-corrected chi connectivity index (χ2v) is 7.45.